The second-order valence-corrected chi connectivity index (χ2v) is 6.43. The van der Waals surface area contributed by atoms with Crippen molar-refractivity contribution in [1.29, 1.82) is 0 Å². The normalized spacial score (nSPS) is 14.8. The number of hydrogen-bond acceptors (Lipinski definition) is 5. The lowest BCUT2D eigenvalue weighted by Crippen LogP contribution is -2.33. The highest BCUT2D eigenvalue weighted by Gasteiger charge is 2.22. The van der Waals surface area contributed by atoms with Crippen LogP contribution in [0, 0.1) is 20.8 Å². The first kappa shape index (κ1) is 15.1. The molecule has 3 aromatic rings. The van der Waals surface area contributed by atoms with Crippen LogP contribution in [-0.4, -0.2) is 31.2 Å². The Morgan fingerprint density at radius 3 is 2.62 bits per heavy atom. The van der Waals surface area contributed by atoms with E-state index < -0.39 is 0 Å². The molecule has 0 spiro atoms. The molecule has 0 N–H and O–H groups in total. The van der Waals surface area contributed by atoms with Crippen molar-refractivity contribution in [3.05, 3.63) is 52.9 Å². The Morgan fingerprint density at radius 1 is 1.04 bits per heavy atom. The van der Waals surface area contributed by atoms with Crippen molar-refractivity contribution in [2.45, 2.75) is 40.4 Å². The van der Waals surface area contributed by atoms with Gasteiger partial charge in [-0.05, 0) is 32.9 Å². The molecule has 0 aliphatic carbocycles. The van der Waals surface area contributed by atoms with E-state index in [9.17, 15) is 0 Å². The summed E-state index contributed by atoms with van der Waals surface area (Å²) in [5.41, 5.74) is 4.56. The molecule has 6 nitrogen and oxygen atoms in total. The van der Waals surface area contributed by atoms with Gasteiger partial charge in [-0.25, -0.2) is 4.98 Å². The van der Waals surface area contributed by atoms with Crippen molar-refractivity contribution in [3.63, 3.8) is 0 Å². The highest BCUT2D eigenvalue weighted by Crippen LogP contribution is 2.21. The largest absolute Gasteiger partial charge is 0.419 e. The third-order valence-corrected chi connectivity index (χ3v) is 4.67. The van der Waals surface area contributed by atoms with Crippen molar-refractivity contribution in [2.75, 3.05) is 6.54 Å². The quantitative estimate of drug-likeness (QED) is 0.742. The number of rotatable bonds is 3. The maximum Gasteiger partial charge on any atom is 0.247 e. The summed E-state index contributed by atoms with van der Waals surface area (Å²) in [4.78, 5) is 6.96. The Hall–Kier alpha value is -2.47. The Bertz CT molecular complexity index is 862. The maximum atomic E-state index is 5.84. The zero-order valence-corrected chi connectivity index (χ0v) is 14.3. The first-order valence-corrected chi connectivity index (χ1v) is 8.24. The third-order valence-electron chi connectivity index (χ3n) is 4.67. The molecule has 1 aromatic carbocycles. The van der Waals surface area contributed by atoms with E-state index in [-0.39, 0.29) is 0 Å². The van der Waals surface area contributed by atoms with E-state index in [1.165, 1.54) is 11.3 Å². The van der Waals surface area contributed by atoms with Crippen LogP contribution in [0.25, 0.3) is 11.5 Å². The van der Waals surface area contributed by atoms with E-state index in [0.29, 0.717) is 18.3 Å². The first-order valence-electron chi connectivity index (χ1n) is 8.24. The van der Waals surface area contributed by atoms with Gasteiger partial charge in [-0.3, -0.25) is 4.90 Å². The van der Waals surface area contributed by atoms with Gasteiger partial charge in [0.2, 0.25) is 11.8 Å². The molecular weight excluding hydrogens is 302 g/mol. The lowest BCUT2D eigenvalue weighted by molar-refractivity contribution is 0.190. The van der Waals surface area contributed by atoms with Crippen LogP contribution in [0.1, 0.15) is 28.7 Å². The molecule has 0 saturated heterocycles. The van der Waals surface area contributed by atoms with Crippen LogP contribution in [0.4, 0.5) is 0 Å². The van der Waals surface area contributed by atoms with Gasteiger partial charge in [-0.2, -0.15) is 0 Å². The summed E-state index contributed by atoms with van der Waals surface area (Å²) in [7, 11) is 0. The molecule has 0 unspecified atom stereocenters. The van der Waals surface area contributed by atoms with Crippen LogP contribution in [0.5, 0.6) is 0 Å². The molecule has 3 heterocycles. The van der Waals surface area contributed by atoms with Gasteiger partial charge in [0, 0.05) is 24.3 Å². The van der Waals surface area contributed by atoms with E-state index >= 15 is 0 Å². The van der Waals surface area contributed by atoms with Crippen molar-refractivity contribution in [3.8, 4) is 11.5 Å². The monoisotopic (exact) mass is 323 g/mol. The van der Waals surface area contributed by atoms with Gasteiger partial charge in [0.15, 0.2) is 0 Å². The van der Waals surface area contributed by atoms with E-state index in [2.05, 4.69) is 45.4 Å². The predicted octanol–water partition coefficient (Wildman–Crippen LogP) is 2.87. The fourth-order valence-corrected chi connectivity index (χ4v) is 3.12. The van der Waals surface area contributed by atoms with Gasteiger partial charge >= 0.3 is 0 Å². The molecular formula is C18H21N5O. The second kappa shape index (κ2) is 5.87. The molecule has 6 heteroatoms. The van der Waals surface area contributed by atoms with E-state index in [4.69, 9.17) is 4.42 Å². The molecule has 0 radical (unpaired) electrons. The van der Waals surface area contributed by atoms with Crippen molar-refractivity contribution < 1.29 is 4.42 Å². The lowest BCUT2D eigenvalue weighted by Gasteiger charge is -2.26. The van der Waals surface area contributed by atoms with Crippen LogP contribution in [0.15, 0.2) is 28.7 Å². The Balaban J connectivity index is 1.48. The van der Waals surface area contributed by atoms with Gasteiger partial charge in [-0.15, -0.1) is 10.2 Å². The SMILES string of the molecule is Cc1ccc(-c2nnc(CN3CCn4c(nc(C)c4C)C3)o2)cc1. The van der Waals surface area contributed by atoms with Gasteiger partial charge in [-0.1, -0.05) is 17.7 Å². The predicted molar refractivity (Wildman–Crippen MR) is 90.3 cm³/mol. The highest BCUT2D eigenvalue weighted by atomic mass is 16.4. The molecule has 1 aliphatic rings. The van der Waals surface area contributed by atoms with Crippen LogP contribution in [-0.2, 0) is 19.6 Å². The average molecular weight is 323 g/mol. The molecule has 4 rings (SSSR count). The topological polar surface area (TPSA) is 60.0 Å². The lowest BCUT2D eigenvalue weighted by atomic mass is 10.1. The molecule has 0 atom stereocenters. The second-order valence-electron chi connectivity index (χ2n) is 6.43. The third kappa shape index (κ3) is 2.73. The average Bonchev–Trinajstić information content (AvgIpc) is 3.14. The molecule has 24 heavy (non-hydrogen) atoms. The zero-order valence-electron chi connectivity index (χ0n) is 14.3. The summed E-state index contributed by atoms with van der Waals surface area (Å²) in [6.07, 6.45) is 0. The smallest absolute Gasteiger partial charge is 0.247 e. The van der Waals surface area contributed by atoms with Gasteiger partial charge in [0.05, 0.1) is 18.8 Å². The van der Waals surface area contributed by atoms with Gasteiger partial charge in [0.1, 0.15) is 5.82 Å². The molecule has 124 valence electrons. The number of aryl methyl sites for hydroxylation is 2. The van der Waals surface area contributed by atoms with E-state index in [1.54, 1.807) is 0 Å². The molecule has 0 fully saturated rings. The number of nitrogens with zero attached hydrogens (tertiary/aromatic N) is 5. The summed E-state index contributed by atoms with van der Waals surface area (Å²) >= 11 is 0. The number of fused-ring (bicyclic) bond motifs is 1. The maximum absolute atomic E-state index is 5.84. The molecule has 1 aliphatic heterocycles. The summed E-state index contributed by atoms with van der Waals surface area (Å²) in [6.45, 7) is 9.66. The summed E-state index contributed by atoms with van der Waals surface area (Å²) in [6, 6.07) is 8.12. The first-order chi connectivity index (χ1) is 11.6. The van der Waals surface area contributed by atoms with Crippen LogP contribution in [0.3, 0.4) is 0 Å². The minimum Gasteiger partial charge on any atom is -0.419 e. The fourth-order valence-electron chi connectivity index (χ4n) is 3.12. The van der Waals surface area contributed by atoms with Crippen LogP contribution >= 0.6 is 0 Å². The standard InChI is InChI=1S/C18H21N5O/c1-12-4-6-15(7-5-12)18-21-20-17(24-18)11-22-8-9-23-14(3)13(2)19-16(23)10-22/h4-7H,8-11H2,1-3H3. The fraction of sp³-hybridized carbons (Fsp3) is 0.389. The zero-order chi connectivity index (χ0) is 16.7. The Labute approximate surface area is 141 Å². The summed E-state index contributed by atoms with van der Waals surface area (Å²) < 4.78 is 8.14. The Kier molecular flexibility index (Phi) is 3.69. The minimum atomic E-state index is 0.579. The van der Waals surface area contributed by atoms with E-state index in [1.807, 2.05) is 24.3 Å². The minimum absolute atomic E-state index is 0.579. The number of hydrogen-bond donors (Lipinski definition) is 0. The number of aromatic nitrogens is 4. The number of imidazole rings is 1. The summed E-state index contributed by atoms with van der Waals surface area (Å²) in [5.74, 6) is 2.35. The van der Waals surface area contributed by atoms with Crippen molar-refractivity contribution in [1.82, 2.24) is 24.6 Å². The van der Waals surface area contributed by atoms with Crippen LogP contribution < -0.4 is 0 Å². The highest BCUT2D eigenvalue weighted by molar-refractivity contribution is 5.52. The van der Waals surface area contributed by atoms with Gasteiger partial charge in [0.25, 0.3) is 0 Å². The van der Waals surface area contributed by atoms with Crippen molar-refractivity contribution in [2.24, 2.45) is 0 Å². The molecule has 0 bridgehead atoms. The van der Waals surface area contributed by atoms with Gasteiger partial charge < -0.3 is 8.98 Å². The molecule has 0 amide bonds. The molecule has 0 saturated carbocycles. The van der Waals surface area contributed by atoms with Crippen LogP contribution in [0.2, 0.25) is 0 Å². The number of benzene rings is 1. The molecule has 2 aromatic heterocycles. The Morgan fingerprint density at radius 2 is 1.83 bits per heavy atom. The van der Waals surface area contributed by atoms with Crippen molar-refractivity contribution >= 4 is 0 Å². The summed E-state index contributed by atoms with van der Waals surface area (Å²) in [5, 5.41) is 8.38. The van der Waals surface area contributed by atoms with E-state index in [0.717, 1.165) is 36.7 Å².